The third-order valence-corrected chi connectivity index (χ3v) is 7.41. The van der Waals surface area contributed by atoms with Crippen molar-refractivity contribution in [2.24, 2.45) is 17.8 Å². The average Bonchev–Trinajstić information content (AvgIpc) is 3.34. The van der Waals surface area contributed by atoms with E-state index >= 15 is 0 Å². The van der Waals surface area contributed by atoms with Gasteiger partial charge in [0.15, 0.2) is 17.3 Å². The minimum absolute atomic E-state index is 0. The molecule has 2 N–H and O–H groups in total. The second-order valence-electron chi connectivity index (χ2n) is 8.55. The topological polar surface area (TPSA) is 73.5 Å². The van der Waals surface area contributed by atoms with Crippen molar-refractivity contribution in [1.82, 2.24) is 9.97 Å². The van der Waals surface area contributed by atoms with Crippen LogP contribution in [0.2, 0.25) is 10.0 Å². The third-order valence-electron chi connectivity index (χ3n) is 6.63. The van der Waals surface area contributed by atoms with Crippen molar-refractivity contribution in [2.45, 2.75) is 12.8 Å². The summed E-state index contributed by atoms with van der Waals surface area (Å²) in [6.07, 6.45) is 3.51. The molecule has 1 saturated heterocycles. The minimum Gasteiger partial charge on any atom is -0.493 e. The molecule has 0 amide bonds. The molecule has 176 valence electrons. The Morgan fingerprint density at radius 3 is 2.55 bits per heavy atom. The van der Waals surface area contributed by atoms with Crippen LogP contribution >= 0.6 is 35.6 Å². The molecular weight excluding hydrogens is 490 g/mol. The van der Waals surface area contributed by atoms with Gasteiger partial charge in [0.2, 0.25) is 0 Å². The number of anilines is 2. The summed E-state index contributed by atoms with van der Waals surface area (Å²) < 4.78 is 26.2. The Balaban J connectivity index is 0.00000259. The molecule has 1 aromatic heterocycles. The number of nitrogens with two attached hydrogens (primary N) is 1. The van der Waals surface area contributed by atoms with Crippen molar-refractivity contribution in [3.8, 4) is 11.5 Å². The highest BCUT2D eigenvalue weighted by Crippen LogP contribution is 2.45. The summed E-state index contributed by atoms with van der Waals surface area (Å²) in [6, 6.07) is 7.03. The molecule has 0 spiro atoms. The van der Waals surface area contributed by atoms with Crippen LogP contribution in [0.15, 0.2) is 30.6 Å². The SMILES string of the molecule is COc1cc2c(N)ncnc2cc1OCC1CC2CN(c3ccc(Cl)c(Cl)c3F)CC2C1.Cl. The zero-order valence-electron chi connectivity index (χ0n) is 17.9. The second-order valence-corrected chi connectivity index (χ2v) is 9.33. The van der Waals surface area contributed by atoms with Gasteiger partial charge in [-0.25, -0.2) is 14.4 Å². The summed E-state index contributed by atoms with van der Waals surface area (Å²) in [7, 11) is 1.60. The summed E-state index contributed by atoms with van der Waals surface area (Å²) in [5.41, 5.74) is 7.19. The van der Waals surface area contributed by atoms with E-state index in [9.17, 15) is 4.39 Å². The molecular formula is C23H24Cl3FN4O2. The molecule has 2 atom stereocenters. The quantitative estimate of drug-likeness (QED) is 0.446. The molecule has 0 bridgehead atoms. The van der Waals surface area contributed by atoms with E-state index in [1.54, 1.807) is 19.2 Å². The predicted molar refractivity (Wildman–Crippen MR) is 132 cm³/mol. The first-order valence-electron chi connectivity index (χ1n) is 10.5. The number of ether oxygens (including phenoxy) is 2. The average molecular weight is 514 g/mol. The number of hydrogen-bond acceptors (Lipinski definition) is 6. The van der Waals surface area contributed by atoms with E-state index in [1.807, 2.05) is 12.1 Å². The van der Waals surface area contributed by atoms with Crippen LogP contribution in [-0.2, 0) is 0 Å². The number of methoxy groups -OCH3 is 1. The molecule has 5 rings (SSSR count). The zero-order valence-corrected chi connectivity index (χ0v) is 20.3. The van der Waals surface area contributed by atoms with Gasteiger partial charge in [-0.15, -0.1) is 12.4 Å². The van der Waals surface area contributed by atoms with Crippen molar-refractivity contribution in [3.63, 3.8) is 0 Å². The fraction of sp³-hybridized carbons (Fsp3) is 0.391. The van der Waals surface area contributed by atoms with E-state index in [0.717, 1.165) is 36.8 Å². The van der Waals surface area contributed by atoms with Crippen LogP contribution in [0, 0.1) is 23.6 Å². The minimum atomic E-state index is -0.438. The van der Waals surface area contributed by atoms with Crippen molar-refractivity contribution >= 4 is 58.0 Å². The highest BCUT2D eigenvalue weighted by atomic mass is 35.5. The lowest BCUT2D eigenvalue weighted by Crippen LogP contribution is -2.23. The standard InChI is InChI=1S/C23H23Cl2FN4O2.ClH/c1-31-19-6-15-17(28-11-29-23(15)27)7-20(19)32-10-12-4-13-8-30(9-14(13)5-12)18-3-2-16(24)21(25)22(18)26;/h2-3,6-7,11-14H,4-5,8-10H2,1H3,(H2,27,28,29);1H. The van der Waals surface area contributed by atoms with E-state index in [4.69, 9.17) is 38.4 Å². The Labute approximate surface area is 207 Å². The number of nitrogens with zero attached hydrogens (tertiary/aromatic N) is 3. The molecule has 2 aliphatic rings. The Morgan fingerprint density at radius 1 is 1.12 bits per heavy atom. The van der Waals surface area contributed by atoms with Crippen molar-refractivity contribution in [3.05, 3.63) is 46.5 Å². The number of hydrogen-bond donors (Lipinski definition) is 1. The van der Waals surface area contributed by atoms with Gasteiger partial charge in [-0.2, -0.15) is 0 Å². The van der Waals surface area contributed by atoms with Gasteiger partial charge in [-0.1, -0.05) is 23.2 Å². The van der Waals surface area contributed by atoms with Crippen LogP contribution in [0.4, 0.5) is 15.9 Å². The summed E-state index contributed by atoms with van der Waals surface area (Å²) >= 11 is 11.9. The number of rotatable bonds is 5. The predicted octanol–water partition coefficient (Wildman–Crippen LogP) is 5.63. The fourth-order valence-corrected chi connectivity index (χ4v) is 5.39. The molecule has 33 heavy (non-hydrogen) atoms. The van der Waals surface area contributed by atoms with Gasteiger partial charge in [0.05, 0.1) is 35.0 Å². The first-order chi connectivity index (χ1) is 15.4. The Kier molecular flexibility index (Phi) is 6.93. The van der Waals surface area contributed by atoms with Gasteiger partial charge in [-0.05, 0) is 48.8 Å². The van der Waals surface area contributed by atoms with E-state index in [-0.39, 0.29) is 22.5 Å². The molecule has 6 nitrogen and oxygen atoms in total. The first-order valence-corrected chi connectivity index (χ1v) is 11.3. The van der Waals surface area contributed by atoms with Crippen LogP contribution in [0.3, 0.4) is 0 Å². The van der Waals surface area contributed by atoms with Crippen molar-refractivity contribution < 1.29 is 13.9 Å². The smallest absolute Gasteiger partial charge is 0.166 e. The Morgan fingerprint density at radius 2 is 1.85 bits per heavy atom. The van der Waals surface area contributed by atoms with Gasteiger partial charge in [0.1, 0.15) is 12.1 Å². The Bertz CT molecular complexity index is 1170. The van der Waals surface area contributed by atoms with Crippen molar-refractivity contribution in [1.29, 1.82) is 0 Å². The highest BCUT2D eigenvalue weighted by molar-refractivity contribution is 6.42. The maximum atomic E-state index is 14.6. The lowest BCUT2D eigenvalue weighted by molar-refractivity contribution is 0.235. The molecule has 1 aliphatic heterocycles. The monoisotopic (exact) mass is 512 g/mol. The molecule has 2 fully saturated rings. The van der Waals surface area contributed by atoms with E-state index in [0.29, 0.717) is 47.4 Å². The zero-order chi connectivity index (χ0) is 22.4. The Hall–Kier alpha value is -2.22. The molecule has 3 aromatic rings. The summed E-state index contributed by atoms with van der Waals surface area (Å²) in [5.74, 6) is 2.67. The van der Waals surface area contributed by atoms with Gasteiger partial charge in [0, 0.05) is 24.5 Å². The van der Waals surface area contributed by atoms with Crippen LogP contribution in [0.1, 0.15) is 12.8 Å². The second kappa shape index (κ2) is 9.57. The molecule has 2 aromatic carbocycles. The lowest BCUT2D eigenvalue weighted by atomic mass is 10.0. The number of benzene rings is 2. The maximum absolute atomic E-state index is 14.6. The molecule has 2 unspecified atom stereocenters. The van der Waals surface area contributed by atoms with Gasteiger partial charge in [0.25, 0.3) is 0 Å². The molecule has 10 heteroatoms. The normalized spacial score (nSPS) is 21.7. The van der Waals surface area contributed by atoms with Crippen LogP contribution in [0.25, 0.3) is 10.9 Å². The summed E-state index contributed by atoms with van der Waals surface area (Å²) in [6.45, 7) is 2.22. The maximum Gasteiger partial charge on any atom is 0.166 e. The van der Waals surface area contributed by atoms with E-state index in [1.165, 1.54) is 6.33 Å². The fourth-order valence-electron chi connectivity index (χ4n) is 5.08. The largest absolute Gasteiger partial charge is 0.493 e. The molecule has 1 aliphatic carbocycles. The third kappa shape index (κ3) is 4.46. The number of fused-ring (bicyclic) bond motifs is 2. The molecule has 0 radical (unpaired) electrons. The van der Waals surface area contributed by atoms with Gasteiger partial charge < -0.3 is 20.1 Å². The van der Waals surface area contributed by atoms with Gasteiger partial charge in [-0.3, -0.25) is 0 Å². The van der Waals surface area contributed by atoms with E-state index < -0.39 is 5.82 Å². The van der Waals surface area contributed by atoms with Crippen LogP contribution in [-0.4, -0.2) is 36.8 Å². The lowest BCUT2D eigenvalue weighted by Gasteiger charge is -2.22. The highest BCUT2D eigenvalue weighted by Gasteiger charge is 2.41. The number of aromatic nitrogens is 2. The summed E-state index contributed by atoms with van der Waals surface area (Å²) in [4.78, 5) is 10.4. The number of nitrogen functional groups attached to an aromatic ring is 1. The van der Waals surface area contributed by atoms with Crippen LogP contribution in [0.5, 0.6) is 11.5 Å². The van der Waals surface area contributed by atoms with Crippen LogP contribution < -0.4 is 20.1 Å². The molecule has 2 heterocycles. The summed E-state index contributed by atoms with van der Waals surface area (Å²) in [5, 5.41) is 0.966. The first kappa shape index (κ1) is 23.9. The number of halogens is 4. The van der Waals surface area contributed by atoms with E-state index in [2.05, 4.69) is 14.9 Å². The molecule has 1 saturated carbocycles. The van der Waals surface area contributed by atoms with Crippen molar-refractivity contribution in [2.75, 3.05) is 37.4 Å². The van der Waals surface area contributed by atoms with Gasteiger partial charge >= 0.3 is 0 Å².